The van der Waals surface area contributed by atoms with Gasteiger partial charge in [-0.15, -0.1) is 0 Å². The summed E-state index contributed by atoms with van der Waals surface area (Å²) < 4.78 is 0. The lowest BCUT2D eigenvalue weighted by Crippen LogP contribution is -2.21. The van der Waals surface area contributed by atoms with Crippen LogP contribution in [0.1, 0.15) is 6.42 Å². The second kappa shape index (κ2) is 1.80. The lowest BCUT2D eigenvalue weighted by Gasteiger charge is -1.91. The fourth-order valence-corrected chi connectivity index (χ4v) is 0.833. The third-order valence-electron chi connectivity index (χ3n) is 1.53. The molecule has 0 spiro atoms. The molecule has 0 heterocycles. The summed E-state index contributed by atoms with van der Waals surface area (Å²) in [4.78, 5) is 0. The molecule has 1 fully saturated rings. The van der Waals surface area contributed by atoms with Gasteiger partial charge in [0.25, 0.3) is 0 Å². The fraction of sp³-hybridized carbons (Fsp3) is 1.00. The van der Waals surface area contributed by atoms with E-state index in [1.54, 1.807) is 0 Å². The quantitative estimate of drug-likeness (QED) is 0.492. The summed E-state index contributed by atoms with van der Waals surface area (Å²) in [7, 11) is 4.00. The highest BCUT2D eigenvalue weighted by Crippen LogP contribution is 2.18. The van der Waals surface area contributed by atoms with Crippen LogP contribution in [0.15, 0.2) is 0 Å². The van der Waals surface area contributed by atoms with Gasteiger partial charge in [0.15, 0.2) is 0 Å². The Morgan fingerprint density at radius 1 is 1.14 bits per heavy atom. The van der Waals surface area contributed by atoms with Gasteiger partial charge < -0.3 is 10.6 Å². The van der Waals surface area contributed by atoms with E-state index in [9.17, 15) is 0 Å². The van der Waals surface area contributed by atoms with Gasteiger partial charge in [0.1, 0.15) is 0 Å². The molecule has 2 nitrogen and oxygen atoms in total. The number of rotatable bonds is 2. The van der Waals surface area contributed by atoms with Crippen LogP contribution >= 0.6 is 0 Å². The van der Waals surface area contributed by atoms with Gasteiger partial charge in [0, 0.05) is 12.1 Å². The summed E-state index contributed by atoms with van der Waals surface area (Å²) in [5.41, 5.74) is 0. The van der Waals surface area contributed by atoms with Crippen molar-refractivity contribution in [2.24, 2.45) is 0 Å². The van der Waals surface area contributed by atoms with E-state index in [2.05, 4.69) is 10.6 Å². The molecule has 2 heteroatoms. The second-order valence-electron chi connectivity index (χ2n) is 2.03. The van der Waals surface area contributed by atoms with E-state index in [0.29, 0.717) is 0 Å². The van der Waals surface area contributed by atoms with E-state index < -0.39 is 0 Å². The van der Waals surface area contributed by atoms with Crippen molar-refractivity contribution in [1.29, 1.82) is 0 Å². The smallest absolute Gasteiger partial charge is 0.0234 e. The van der Waals surface area contributed by atoms with E-state index in [1.807, 2.05) is 14.1 Å². The molecule has 1 rings (SSSR count). The third kappa shape index (κ3) is 0.924. The molecule has 42 valence electrons. The fourth-order valence-electron chi connectivity index (χ4n) is 0.833. The van der Waals surface area contributed by atoms with Gasteiger partial charge in [-0.3, -0.25) is 0 Å². The minimum absolute atomic E-state index is 0.755. The molecule has 7 heavy (non-hydrogen) atoms. The number of likely N-dealkylation sites (N-methyl/N-ethyl adjacent to an activating group) is 2. The maximum Gasteiger partial charge on any atom is 0.0234 e. The average molecular weight is 100 g/mol. The van der Waals surface area contributed by atoms with Crippen LogP contribution in [-0.4, -0.2) is 26.2 Å². The van der Waals surface area contributed by atoms with Crippen molar-refractivity contribution < 1.29 is 0 Å². The van der Waals surface area contributed by atoms with Crippen molar-refractivity contribution >= 4 is 0 Å². The third-order valence-corrected chi connectivity index (χ3v) is 1.53. The first-order chi connectivity index (χ1) is 3.38. The molecule has 0 aromatic rings. The highest BCUT2D eigenvalue weighted by Gasteiger charge is 2.33. The van der Waals surface area contributed by atoms with Gasteiger partial charge in [0.05, 0.1) is 0 Å². The maximum absolute atomic E-state index is 3.18. The predicted molar refractivity (Wildman–Crippen MR) is 30.3 cm³/mol. The van der Waals surface area contributed by atoms with E-state index in [4.69, 9.17) is 0 Å². The van der Waals surface area contributed by atoms with Crippen molar-refractivity contribution in [2.75, 3.05) is 14.1 Å². The number of hydrogen-bond acceptors (Lipinski definition) is 2. The zero-order valence-corrected chi connectivity index (χ0v) is 4.86. The van der Waals surface area contributed by atoms with Crippen LogP contribution in [0.2, 0.25) is 0 Å². The molecule has 1 aliphatic rings. The highest BCUT2D eigenvalue weighted by atomic mass is 15.1. The van der Waals surface area contributed by atoms with E-state index >= 15 is 0 Å². The summed E-state index contributed by atoms with van der Waals surface area (Å²) in [5, 5.41) is 6.35. The van der Waals surface area contributed by atoms with Crippen LogP contribution in [-0.2, 0) is 0 Å². The van der Waals surface area contributed by atoms with Gasteiger partial charge in [-0.05, 0) is 20.5 Å². The molecule has 0 aromatic heterocycles. The van der Waals surface area contributed by atoms with E-state index in [-0.39, 0.29) is 0 Å². The Morgan fingerprint density at radius 2 is 1.57 bits per heavy atom. The van der Waals surface area contributed by atoms with Crippen LogP contribution in [0.3, 0.4) is 0 Å². The highest BCUT2D eigenvalue weighted by molar-refractivity contribution is 4.97. The molecule has 2 atom stereocenters. The molecular weight excluding hydrogens is 88.1 g/mol. The van der Waals surface area contributed by atoms with Gasteiger partial charge in [0.2, 0.25) is 0 Å². The molecule has 1 aliphatic carbocycles. The van der Waals surface area contributed by atoms with E-state index in [1.165, 1.54) is 6.42 Å². The van der Waals surface area contributed by atoms with Crippen LogP contribution < -0.4 is 10.6 Å². The molecule has 1 saturated carbocycles. The molecule has 2 N–H and O–H groups in total. The Labute approximate surface area is 44.3 Å². The molecule has 0 radical (unpaired) electrons. The Hall–Kier alpha value is -0.0800. The first kappa shape index (κ1) is 5.06. The van der Waals surface area contributed by atoms with Gasteiger partial charge in [-0.25, -0.2) is 0 Å². The van der Waals surface area contributed by atoms with E-state index in [0.717, 1.165) is 12.1 Å². The van der Waals surface area contributed by atoms with Gasteiger partial charge >= 0.3 is 0 Å². The summed E-state index contributed by atoms with van der Waals surface area (Å²) >= 11 is 0. The Morgan fingerprint density at radius 3 is 1.71 bits per heavy atom. The van der Waals surface area contributed by atoms with Gasteiger partial charge in [-0.2, -0.15) is 0 Å². The molecule has 0 aliphatic heterocycles. The zero-order valence-electron chi connectivity index (χ0n) is 4.86. The Kier molecular flexibility index (Phi) is 1.30. The van der Waals surface area contributed by atoms with Crippen molar-refractivity contribution in [3.8, 4) is 0 Å². The van der Waals surface area contributed by atoms with Crippen LogP contribution in [0.5, 0.6) is 0 Å². The van der Waals surface area contributed by atoms with Crippen molar-refractivity contribution in [1.82, 2.24) is 10.6 Å². The van der Waals surface area contributed by atoms with Crippen LogP contribution in [0, 0.1) is 0 Å². The molecular formula is C5H12N2. The standard InChI is InChI=1S/C5H12N2/c1-6-4-3-5(4)7-2/h4-7H,3H2,1-2H3/t4-,5-/m1/s1. The average Bonchev–Trinajstić information content (AvgIpc) is 2.43. The predicted octanol–water partition coefficient (Wildman–Crippen LogP) is -0.434. The molecule has 0 unspecified atom stereocenters. The summed E-state index contributed by atoms with van der Waals surface area (Å²) in [5.74, 6) is 0. The van der Waals surface area contributed by atoms with Crippen molar-refractivity contribution in [2.45, 2.75) is 18.5 Å². The largest absolute Gasteiger partial charge is 0.315 e. The first-order valence-corrected chi connectivity index (χ1v) is 2.73. The van der Waals surface area contributed by atoms with Gasteiger partial charge in [-0.1, -0.05) is 0 Å². The number of nitrogens with one attached hydrogen (secondary N) is 2. The molecule has 0 bridgehead atoms. The second-order valence-corrected chi connectivity index (χ2v) is 2.03. The van der Waals surface area contributed by atoms with Crippen molar-refractivity contribution in [3.05, 3.63) is 0 Å². The van der Waals surface area contributed by atoms with Crippen molar-refractivity contribution in [3.63, 3.8) is 0 Å². The zero-order chi connectivity index (χ0) is 5.28. The Bertz CT molecular complexity index is 55.1. The Balaban J connectivity index is 2.06. The molecule has 0 aromatic carbocycles. The lowest BCUT2D eigenvalue weighted by atomic mass is 10.6. The monoisotopic (exact) mass is 100 g/mol. The first-order valence-electron chi connectivity index (χ1n) is 2.73. The number of hydrogen-bond donors (Lipinski definition) is 2. The molecule has 0 saturated heterocycles. The maximum atomic E-state index is 3.18. The topological polar surface area (TPSA) is 24.1 Å². The summed E-state index contributed by atoms with van der Waals surface area (Å²) in [6, 6.07) is 1.51. The molecule has 0 amide bonds. The summed E-state index contributed by atoms with van der Waals surface area (Å²) in [6.07, 6.45) is 1.30. The SMILES string of the molecule is CN[C@@H]1C[C@H]1NC. The lowest BCUT2D eigenvalue weighted by molar-refractivity contribution is 0.708. The minimum atomic E-state index is 0.755. The summed E-state index contributed by atoms with van der Waals surface area (Å²) in [6.45, 7) is 0. The van der Waals surface area contributed by atoms with Crippen LogP contribution in [0.4, 0.5) is 0 Å². The minimum Gasteiger partial charge on any atom is -0.315 e. The normalized spacial score (nSPS) is 38.6. The van der Waals surface area contributed by atoms with Crippen LogP contribution in [0.25, 0.3) is 0 Å².